The van der Waals surface area contributed by atoms with Crippen LogP contribution in [0.5, 0.6) is 5.75 Å². The number of aryl methyl sites for hydroxylation is 2. The molecule has 0 unspecified atom stereocenters. The zero-order valence-electron chi connectivity index (χ0n) is 25.5. The number of benzene rings is 2. The number of fused-ring (bicyclic) bond motifs is 3. The standard InChI is InChI=1S/C33H37N3O9/c1-35(2)21-14-17(7-5-6-15-8-10-16(11-9-15)32(43)44)26(37)23-19(21)12-18-13-20-25(36(3)4)28(39)24(31(34)42)30(41)33(20,45)29(40)22(18)27(23)38/h8-11,14,18,20,25,37-38,41,45H,5-7,12-13H2,1-4H3,(H2,34,42)(H,43,44)/t18-,20-,25-,33-/m0/s1. The van der Waals surface area contributed by atoms with Crippen molar-refractivity contribution in [2.45, 2.75) is 43.7 Å². The molecule has 45 heavy (non-hydrogen) atoms. The molecule has 0 bridgehead atoms. The maximum Gasteiger partial charge on any atom is 0.335 e. The number of phenols is 1. The highest BCUT2D eigenvalue weighted by Gasteiger charge is 2.64. The van der Waals surface area contributed by atoms with Gasteiger partial charge in [-0.15, -0.1) is 0 Å². The van der Waals surface area contributed by atoms with Gasteiger partial charge in [0, 0.05) is 31.3 Å². The van der Waals surface area contributed by atoms with Crippen LogP contribution in [0.25, 0.3) is 5.76 Å². The molecule has 0 aliphatic heterocycles. The summed E-state index contributed by atoms with van der Waals surface area (Å²) in [6, 6.07) is 7.21. The number of phenolic OH excluding ortho intramolecular Hbond substituents is 1. The normalized spacial score (nSPS) is 24.4. The number of amides is 1. The fourth-order valence-corrected chi connectivity index (χ4v) is 7.23. The SMILES string of the molecule is CN(C)c1cc(CCCc2ccc(C(=O)O)cc2)c(O)c2c1C[C@H]1C[C@H]3[C@H](N(C)C)C(=O)C(C(N)=O)=C(O)[C@@]3(O)C(=O)C1=C2O. The highest BCUT2D eigenvalue weighted by Crippen LogP contribution is 2.54. The van der Waals surface area contributed by atoms with Gasteiger partial charge in [-0.2, -0.15) is 0 Å². The first-order chi connectivity index (χ1) is 21.1. The Morgan fingerprint density at radius 3 is 2.22 bits per heavy atom. The summed E-state index contributed by atoms with van der Waals surface area (Å²) in [7, 11) is 6.75. The number of ketones is 2. The van der Waals surface area contributed by atoms with Gasteiger partial charge in [-0.1, -0.05) is 12.1 Å². The van der Waals surface area contributed by atoms with Crippen LogP contribution in [0.3, 0.4) is 0 Å². The summed E-state index contributed by atoms with van der Waals surface area (Å²) >= 11 is 0. The first-order valence-electron chi connectivity index (χ1n) is 14.6. The molecule has 2 aromatic rings. The fraction of sp³-hybridized carbons (Fsp3) is 0.394. The van der Waals surface area contributed by atoms with Crippen molar-refractivity contribution in [3.05, 3.63) is 75.1 Å². The van der Waals surface area contributed by atoms with Gasteiger partial charge < -0.3 is 36.2 Å². The van der Waals surface area contributed by atoms with Crippen molar-refractivity contribution in [2.75, 3.05) is 33.1 Å². The minimum atomic E-state index is -2.70. The Kier molecular flexibility index (Phi) is 8.01. The summed E-state index contributed by atoms with van der Waals surface area (Å²) in [5.74, 6) is -7.82. The van der Waals surface area contributed by atoms with Crippen molar-refractivity contribution in [3.63, 3.8) is 0 Å². The monoisotopic (exact) mass is 619 g/mol. The zero-order chi connectivity index (χ0) is 33.1. The van der Waals surface area contributed by atoms with Gasteiger partial charge in [0.2, 0.25) is 5.78 Å². The number of aromatic hydroxyl groups is 1. The number of hydrogen-bond acceptors (Lipinski definition) is 10. The summed E-state index contributed by atoms with van der Waals surface area (Å²) in [5.41, 5.74) is 4.62. The molecule has 1 amide bonds. The van der Waals surface area contributed by atoms with Crippen LogP contribution in [0.2, 0.25) is 0 Å². The average Bonchev–Trinajstić information content (AvgIpc) is 2.95. The lowest BCUT2D eigenvalue weighted by molar-refractivity contribution is -0.153. The number of nitrogens with two attached hydrogens (primary N) is 1. The van der Waals surface area contributed by atoms with Crippen molar-refractivity contribution >= 4 is 34.9 Å². The lowest BCUT2D eigenvalue weighted by atomic mass is 9.57. The first kappa shape index (κ1) is 31.7. The number of rotatable bonds is 8. The third kappa shape index (κ3) is 4.94. The zero-order valence-corrected chi connectivity index (χ0v) is 25.5. The van der Waals surface area contributed by atoms with Crippen LogP contribution >= 0.6 is 0 Å². The predicted molar refractivity (Wildman–Crippen MR) is 164 cm³/mol. The highest BCUT2D eigenvalue weighted by molar-refractivity contribution is 6.24. The number of carboxylic acids is 1. The molecule has 1 saturated carbocycles. The van der Waals surface area contributed by atoms with Gasteiger partial charge in [0.05, 0.1) is 17.2 Å². The number of nitrogens with zero attached hydrogens (tertiary/aromatic N) is 2. The molecule has 12 nitrogen and oxygen atoms in total. The first-order valence-corrected chi connectivity index (χ1v) is 14.6. The largest absolute Gasteiger partial charge is 0.508 e. The number of carbonyl (C=O) groups excluding carboxylic acids is 3. The average molecular weight is 620 g/mol. The van der Waals surface area contributed by atoms with Crippen molar-refractivity contribution in [3.8, 4) is 5.75 Å². The van der Waals surface area contributed by atoms with E-state index in [1.165, 1.54) is 17.0 Å². The highest BCUT2D eigenvalue weighted by atomic mass is 16.4. The number of aliphatic hydroxyl groups excluding tert-OH is 2. The van der Waals surface area contributed by atoms with E-state index in [4.69, 9.17) is 10.8 Å². The molecule has 0 radical (unpaired) electrons. The van der Waals surface area contributed by atoms with Crippen LogP contribution in [-0.4, -0.2) is 93.7 Å². The summed E-state index contributed by atoms with van der Waals surface area (Å²) in [6.07, 6.45) is 1.79. The molecule has 0 heterocycles. The Labute approximate surface area is 259 Å². The molecule has 5 rings (SSSR count). The number of carboxylic acid groups (broad SMARTS) is 1. The number of Topliss-reactive ketones (excluding diaryl/α,β-unsaturated/α-hetero) is 2. The van der Waals surface area contributed by atoms with Gasteiger partial charge in [0.25, 0.3) is 5.91 Å². The Balaban J connectivity index is 1.57. The van der Waals surface area contributed by atoms with Crippen LogP contribution < -0.4 is 10.6 Å². The van der Waals surface area contributed by atoms with Gasteiger partial charge >= 0.3 is 5.97 Å². The number of likely N-dealkylation sites (N-methyl/N-ethyl adjacent to an activating group) is 1. The number of aromatic carboxylic acids is 1. The third-order valence-corrected chi connectivity index (χ3v) is 9.37. The lowest BCUT2D eigenvalue weighted by Crippen LogP contribution is -2.65. The van der Waals surface area contributed by atoms with Crippen LogP contribution in [0, 0.1) is 11.8 Å². The number of anilines is 1. The van der Waals surface area contributed by atoms with E-state index in [-0.39, 0.29) is 35.3 Å². The molecule has 0 spiro atoms. The number of carbonyl (C=O) groups is 4. The van der Waals surface area contributed by atoms with E-state index in [1.807, 2.05) is 25.1 Å². The molecule has 0 saturated heterocycles. The Morgan fingerprint density at radius 1 is 1.02 bits per heavy atom. The molecule has 238 valence electrons. The summed E-state index contributed by atoms with van der Waals surface area (Å²) < 4.78 is 0. The van der Waals surface area contributed by atoms with Crippen molar-refractivity contribution in [2.24, 2.45) is 17.6 Å². The molecule has 1 fully saturated rings. The van der Waals surface area contributed by atoms with Crippen LogP contribution in [0.1, 0.15) is 45.5 Å². The minimum Gasteiger partial charge on any atom is -0.508 e. The molecule has 2 aromatic carbocycles. The second kappa shape index (κ2) is 11.4. The van der Waals surface area contributed by atoms with Crippen molar-refractivity contribution in [1.29, 1.82) is 0 Å². The van der Waals surface area contributed by atoms with E-state index in [1.54, 1.807) is 26.2 Å². The molecule has 0 aromatic heterocycles. The van der Waals surface area contributed by atoms with Gasteiger partial charge in [-0.3, -0.25) is 19.3 Å². The quantitative estimate of drug-likeness (QED) is 0.236. The summed E-state index contributed by atoms with van der Waals surface area (Å²) in [5, 5.41) is 55.1. The smallest absolute Gasteiger partial charge is 0.335 e. The molecule has 4 atom stereocenters. The van der Waals surface area contributed by atoms with E-state index < -0.39 is 64.0 Å². The Hall–Kier alpha value is -4.68. The maximum absolute atomic E-state index is 14.1. The van der Waals surface area contributed by atoms with Gasteiger partial charge in [-0.05, 0) is 87.0 Å². The molecular weight excluding hydrogens is 582 g/mol. The van der Waals surface area contributed by atoms with Crippen molar-refractivity contribution in [1.82, 2.24) is 4.90 Å². The second-order valence-corrected chi connectivity index (χ2v) is 12.5. The van der Waals surface area contributed by atoms with E-state index in [0.29, 0.717) is 36.1 Å². The van der Waals surface area contributed by atoms with Crippen molar-refractivity contribution < 1.29 is 44.7 Å². The molecule has 12 heteroatoms. The van der Waals surface area contributed by atoms with E-state index in [9.17, 15) is 39.6 Å². The molecule has 3 aliphatic rings. The van der Waals surface area contributed by atoms with Crippen LogP contribution in [0.4, 0.5) is 5.69 Å². The van der Waals surface area contributed by atoms with Gasteiger partial charge in [-0.25, -0.2) is 4.79 Å². The molecular formula is C33H37N3O9. The Morgan fingerprint density at radius 2 is 1.67 bits per heavy atom. The predicted octanol–water partition coefficient (Wildman–Crippen LogP) is 1.90. The summed E-state index contributed by atoms with van der Waals surface area (Å²) in [4.78, 5) is 54.1. The Bertz CT molecular complexity index is 1690. The van der Waals surface area contributed by atoms with E-state index in [0.717, 1.165) is 5.56 Å². The number of primary amides is 1. The number of hydrogen-bond donors (Lipinski definition) is 6. The fourth-order valence-electron chi connectivity index (χ4n) is 7.23. The van der Waals surface area contributed by atoms with E-state index in [2.05, 4.69) is 0 Å². The lowest BCUT2D eigenvalue weighted by Gasteiger charge is -2.50. The van der Waals surface area contributed by atoms with Gasteiger partial charge in [0.15, 0.2) is 11.4 Å². The van der Waals surface area contributed by atoms with Crippen LogP contribution in [-0.2, 0) is 33.6 Å². The third-order valence-electron chi connectivity index (χ3n) is 9.37. The molecule has 7 N–H and O–H groups in total. The maximum atomic E-state index is 14.1. The molecule has 3 aliphatic carbocycles. The minimum absolute atomic E-state index is 0.0157. The topological polar surface area (TPSA) is 202 Å². The number of aliphatic hydroxyl groups is 3. The van der Waals surface area contributed by atoms with E-state index >= 15 is 0 Å². The van der Waals surface area contributed by atoms with Gasteiger partial charge in [0.1, 0.15) is 22.8 Å². The second-order valence-electron chi connectivity index (χ2n) is 12.5. The van der Waals surface area contributed by atoms with Crippen LogP contribution in [0.15, 0.2) is 47.2 Å². The summed E-state index contributed by atoms with van der Waals surface area (Å²) in [6.45, 7) is 0.